The quantitative estimate of drug-likeness (QED) is 0.138. The van der Waals surface area contributed by atoms with Crippen molar-refractivity contribution in [2.75, 3.05) is 0 Å². The molecule has 2 aliphatic rings. The zero-order valence-corrected chi connectivity index (χ0v) is 27.9. The Bertz CT molecular complexity index is 2330. The van der Waals surface area contributed by atoms with Crippen LogP contribution in [-0.4, -0.2) is 15.0 Å². The molecule has 47 heavy (non-hydrogen) atoms. The van der Waals surface area contributed by atoms with Gasteiger partial charge in [0.25, 0.3) is 0 Å². The molecule has 1 unspecified atom stereocenters. The van der Waals surface area contributed by atoms with Crippen molar-refractivity contribution in [3.05, 3.63) is 124 Å². The lowest BCUT2D eigenvalue weighted by Gasteiger charge is -2.13. The maximum atomic E-state index is 6.45. The van der Waals surface area contributed by atoms with Crippen LogP contribution in [0.15, 0.2) is 89.4 Å². The summed E-state index contributed by atoms with van der Waals surface area (Å²) in [5, 5.41) is 3.42. The lowest BCUT2D eigenvalue weighted by Crippen LogP contribution is -2.25. The van der Waals surface area contributed by atoms with Crippen molar-refractivity contribution in [1.82, 2.24) is 15.0 Å². The Morgan fingerprint density at radius 1 is 1.09 bits per heavy atom. The molecule has 3 aromatic heterocycles. The first kappa shape index (κ1) is 30.6. The van der Waals surface area contributed by atoms with E-state index in [4.69, 9.17) is 25.8 Å². The number of fused-ring (bicyclic) bond motifs is 4. The molecule has 5 heteroatoms. The topological polar surface area (TPSA) is 51.8 Å². The number of rotatable bonds is 6. The van der Waals surface area contributed by atoms with E-state index in [-0.39, 0.29) is 5.92 Å². The van der Waals surface area contributed by atoms with Gasteiger partial charge in [0, 0.05) is 53.6 Å². The summed E-state index contributed by atoms with van der Waals surface area (Å²) in [6, 6.07) is 13.1. The number of aromatic nitrogens is 3. The van der Waals surface area contributed by atoms with Crippen molar-refractivity contribution in [1.29, 1.82) is 0 Å². The van der Waals surface area contributed by atoms with Gasteiger partial charge in [-0.25, -0.2) is 15.0 Å². The number of benzene rings is 2. The van der Waals surface area contributed by atoms with Gasteiger partial charge in [-0.05, 0) is 81.9 Å². The fourth-order valence-corrected chi connectivity index (χ4v) is 7.75. The molecule has 232 valence electrons. The standard InChI is InChI=1S/C42H37N3OS/c1-5-8-17-28(7-3)40-43-41(29-18-11-9-10-12-19-29)45-42(44-40)30-24-25-37-35(26-30)34-22-15-21-31(39(34)47-37)27(4)38-33(16-6-2)32-20-13-14-23-36(32)46-38/h2,7-11,14-18,21-26,29H,5,12-13,19-20H2,1,3-4H3/b17-8-,28-7+,33-16-,38-27-. The molecule has 1 atom stereocenters. The van der Waals surface area contributed by atoms with Gasteiger partial charge in [0.05, 0.1) is 0 Å². The lowest BCUT2D eigenvalue weighted by atomic mass is 10.00. The number of allylic oxidation sites excluding steroid dienone is 9. The van der Waals surface area contributed by atoms with E-state index in [9.17, 15) is 0 Å². The molecule has 0 bridgehead atoms. The van der Waals surface area contributed by atoms with E-state index in [1.165, 1.54) is 25.7 Å². The third kappa shape index (κ3) is 5.86. The second-order valence-corrected chi connectivity index (χ2v) is 13.0. The number of thiophene rings is 1. The molecule has 7 rings (SSSR count). The Morgan fingerprint density at radius 2 is 2.00 bits per heavy atom. The largest absolute Gasteiger partial charge is 0.456 e. The van der Waals surface area contributed by atoms with Gasteiger partial charge in [-0.2, -0.15) is 0 Å². The van der Waals surface area contributed by atoms with Crippen LogP contribution in [0.4, 0.5) is 0 Å². The summed E-state index contributed by atoms with van der Waals surface area (Å²) in [4.78, 5) is 15.1. The van der Waals surface area contributed by atoms with Crippen LogP contribution in [0.3, 0.4) is 0 Å². The molecule has 0 aliphatic heterocycles. The van der Waals surface area contributed by atoms with E-state index in [2.05, 4.69) is 111 Å². The first-order valence-electron chi connectivity index (χ1n) is 16.4. The zero-order valence-electron chi connectivity index (χ0n) is 27.1. The molecular weight excluding hydrogens is 595 g/mol. The number of nitrogens with zero attached hydrogens (tertiary/aromatic N) is 3. The Labute approximate surface area is 280 Å². The first-order chi connectivity index (χ1) is 23.1. The summed E-state index contributed by atoms with van der Waals surface area (Å²) in [6.07, 6.45) is 31.7. The van der Waals surface area contributed by atoms with Gasteiger partial charge in [-0.15, -0.1) is 17.8 Å². The first-order valence-corrected chi connectivity index (χ1v) is 17.2. The SMILES string of the molecule is C#C/C=c1/c2c(o/c1=C(/C)c1cccc3c1sc1ccc(-c4nc(C(/C=C\CC)=C/C)nc(C5C=CC=CCC5)n4)cc13)C=CCC2. The number of hydrogen-bond acceptors (Lipinski definition) is 5. The van der Waals surface area contributed by atoms with Crippen molar-refractivity contribution < 1.29 is 4.42 Å². The van der Waals surface area contributed by atoms with Gasteiger partial charge in [-0.3, -0.25) is 0 Å². The van der Waals surface area contributed by atoms with Crippen LogP contribution < -0.4 is 10.6 Å². The van der Waals surface area contributed by atoms with Gasteiger partial charge in [0.15, 0.2) is 11.6 Å². The van der Waals surface area contributed by atoms with E-state index >= 15 is 0 Å². The fourth-order valence-electron chi connectivity index (χ4n) is 6.50. The highest BCUT2D eigenvalue weighted by atomic mass is 32.1. The molecule has 0 radical (unpaired) electrons. The molecule has 5 aromatic rings. The summed E-state index contributed by atoms with van der Waals surface area (Å²) in [6.45, 7) is 6.32. The molecular formula is C42H37N3OS. The molecule has 2 aliphatic carbocycles. The monoisotopic (exact) mass is 631 g/mol. The van der Waals surface area contributed by atoms with Crippen LogP contribution in [0.5, 0.6) is 0 Å². The van der Waals surface area contributed by atoms with Crippen molar-refractivity contribution in [2.45, 2.75) is 58.8 Å². The molecule has 0 saturated carbocycles. The van der Waals surface area contributed by atoms with Crippen LogP contribution in [0, 0.1) is 12.3 Å². The molecule has 0 saturated heterocycles. The van der Waals surface area contributed by atoms with E-state index in [0.29, 0.717) is 11.6 Å². The van der Waals surface area contributed by atoms with Crippen LogP contribution in [0.1, 0.15) is 80.9 Å². The summed E-state index contributed by atoms with van der Waals surface area (Å²) >= 11 is 1.80. The Hall–Kier alpha value is -5.05. The van der Waals surface area contributed by atoms with Crippen molar-refractivity contribution in [2.24, 2.45) is 0 Å². The molecule has 2 aromatic carbocycles. The van der Waals surface area contributed by atoms with E-state index in [1.54, 1.807) is 11.3 Å². The maximum absolute atomic E-state index is 6.45. The highest BCUT2D eigenvalue weighted by molar-refractivity contribution is 7.26. The van der Waals surface area contributed by atoms with Crippen LogP contribution >= 0.6 is 11.3 Å². The van der Waals surface area contributed by atoms with Gasteiger partial charge in [-0.1, -0.05) is 79.7 Å². The fraction of sp³-hybridized carbons (Fsp3) is 0.214. The van der Waals surface area contributed by atoms with E-state index in [1.807, 2.05) is 13.0 Å². The summed E-state index contributed by atoms with van der Waals surface area (Å²) in [5.74, 6) is 6.01. The second kappa shape index (κ2) is 13.4. The Kier molecular flexibility index (Phi) is 8.70. The molecule has 0 amide bonds. The molecule has 0 spiro atoms. The predicted octanol–water partition coefficient (Wildman–Crippen LogP) is 9.45. The van der Waals surface area contributed by atoms with Crippen LogP contribution in [0.2, 0.25) is 0 Å². The number of furan rings is 1. The van der Waals surface area contributed by atoms with Crippen LogP contribution in [-0.2, 0) is 6.42 Å². The normalized spacial score (nSPS) is 17.4. The van der Waals surface area contributed by atoms with Gasteiger partial charge in [0.2, 0.25) is 0 Å². The smallest absolute Gasteiger partial charge is 0.163 e. The Morgan fingerprint density at radius 3 is 2.85 bits per heavy atom. The average Bonchev–Trinajstić information content (AvgIpc) is 3.53. The third-order valence-electron chi connectivity index (χ3n) is 8.96. The van der Waals surface area contributed by atoms with E-state index < -0.39 is 0 Å². The Balaban J connectivity index is 1.39. The summed E-state index contributed by atoms with van der Waals surface area (Å²) in [5.41, 5.74) is 6.28. The predicted molar refractivity (Wildman–Crippen MR) is 198 cm³/mol. The maximum Gasteiger partial charge on any atom is 0.163 e. The molecule has 0 fully saturated rings. The van der Waals surface area contributed by atoms with Gasteiger partial charge >= 0.3 is 0 Å². The minimum Gasteiger partial charge on any atom is -0.456 e. The molecule has 3 heterocycles. The van der Waals surface area contributed by atoms with Crippen molar-refractivity contribution in [3.63, 3.8) is 0 Å². The van der Waals surface area contributed by atoms with E-state index in [0.717, 1.165) is 76.6 Å². The molecule has 4 nitrogen and oxygen atoms in total. The average molecular weight is 632 g/mol. The van der Waals surface area contributed by atoms with Gasteiger partial charge in [0.1, 0.15) is 17.0 Å². The summed E-state index contributed by atoms with van der Waals surface area (Å²) < 4.78 is 8.89. The van der Waals surface area contributed by atoms with Crippen LogP contribution in [0.25, 0.3) is 54.9 Å². The molecule has 0 N–H and O–H groups in total. The zero-order chi connectivity index (χ0) is 32.3. The van der Waals surface area contributed by atoms with Crippen molar-refractivity contribution in [3.8, 4) is 23.7 Å². The third-order valence-corrected chi connectivity index (χ3v) is 10.2. The summed E-state index contributed by atoms with van der Waals surface area (Å²) in [7, 11) is 0. The number of terminal acetylenes is 1. The minimum atomic E-state index is 0.130. The minimum absolute atomic E-state index is 0.130. The number of hydrogen-bond donors (Lipinski definition) is 0. The van der Waals surface area contributed by atoms with Gasteiger partial charge < -0.3 is 4.42 Å². The van der Waals surface area contributed by atoms with Crippen molar-refractivity contribution >= 4 is 54.8 Å². The second-order valence-electron chi connectivity index (χ2n) is 12.0. The lowest BCUT2D eigenvalue weighted by molar-refractivity contribution is 0.515. The highest BCUT2D eigenvalue weighted by Gasteiger charge is 2.20. The highest BCUT2D eigenvalue weighted by Crippen LogP contribution is 2.39.